The van der Waals surface area contributed by atoms with Gasteiger partial charge in [-0.25, -0.2) is 19.9 Å². The Kier molecular flexibility index (Phi) is 6.25. The van der Waals surface area contributed by atoms with Gasteiger partial charge in [0.15, 0.2) is 17.5 Å². The SMILES string of the molecule is c1ccc(-c2nc(-c3ccc4nc(-c5ccccc5)sc4c3)nc(-c3cccc4c3c3ccccc3n4-c3ccccc3)n2)cc1. The van der Waals surface area contributed by atoms with E-state index in [0.29, 0.717) is 17.5 Å². The Morgan fingerprint density at radius 3 is 1.87 bits per heavy atom. The quantitative estimate of drug-likeness (QED) is 0.195. The van der Waals surface area contributed by atoms with Gasteiger partial charge in [0.05, 0.1) is 21.3 Å². The van der Waals surface area contributed by atoms with Crippen molar-refractivity contribution in [2.75, 3.05) is 0 Å². The van der Waals surface area contributed by atoms with Crippen LogP contribution in [-0.4, -0.2) is 24.5 Å². The number of rotatable bonds is 5. The third-order valence-electron chi connectivity index (χ3n) is 8.29. The second-order valence-electron chi connectivity index (χ2n) is 11.1. The summed E-state index contributed by atoms with van der Waals surface area (Å²) < 4.78 is 3.41. The van der Waals surface area contributed by atoms with E-state index in [1.54, 1.807) is 11.3 Å². The molecule has 0 unspecified atom stereocenters. The number of aromatic nitrogens is 5. The van der Waals surface area contributed by atoms with Crippen LogP contribution in [0.4, 0.5) is 0 Å². The second kappa shape index (κ2) is 10.9. The van der Waals surface area contributed by atoms with Gasteiger partial charge in [-0.2, -0.15) is 0 Å². The number of nitrogens with zero attached hydrogens (tertiary/aromatic N) is 5. The number of hydrogen-bond donors (Lipinski definition) is 0. The van der Waals surface area contributed by atoms with Crippen LogP contribution in [0.2, 0.25) is 0 Å². The van der Waals surface area contributed by atoms with Gasteiger partial charge in [-0.1, -0.05) is 109 Å². The van der Waals surface area contributed by atoms with Crippen molar-refractivity contribution in [3.63, 3.8) is 0 Å². The normalized spacial score (nSPS) is 11.5. The summed E-state index contributed by atoms with van der Waals surface area (Å²) in [4.78, 5) is 20.2. The zero-order chi connectivity index (χ0) is 30.5. The molecule has 0 amide bonds. The minimum Gasteiger partial charge on any atom is -0.309 e. The molecule has 0 bridgehead atoms. The highest BCUT2D eigenvalue weighted by molar-refractivity contribution is 7.21. The Hall–Kier alpha value is -5.98. The molecule has 46 heavy (non-hydrogen) atoms. The van der Waals surface area contributed by atoms with Crippen molar-refractivity contribution in [2.45, 2.75) is 0 Å². The van der Waals surface area contributed by atoms with Crippen LogP contribution >= 0.6 is 11.3 Å². The van der Waals surface area contributed by atoms with Gasteiger partial charge in [0, 0.05) is 38.7 Å². The first-order valence-corrected chi connectivity index (χ1v) is 16.0. The highest BCUT2D eigenvalue weighted by Crippen LogP contribution is 2.39. The summed E-state index contributed by atoms with van der Waals surface area (Å²) in [6.45, 7) is 0. The van der Waals surface area contributed by atoms with Gasteiger partial charge < -0.3 is 4.57 Å². The van der Waals surface area contributed by atoms with Gasteiger partial charge >= 0.3 is 0 Å². The highest BCUT2D eigenvalue weighted by atomic mass is 32.1. The first kappa shape index (κ1) is 26.4. The summed E-state index contributed by atoms with van der Waals surface area (Å²) in [7, 11) is 0. The van der Waals surface area contributed by atoms with Crippen molar-refractivity contribution in [1.82, 2.24) is 24.5 Å². The molecule has 9 aromatic rings. The van der Waals surface area contributed by atoms with Crippen LogP contribution in [-0.2, 0) is 0 Å². The third-order valence-corrected chi connectivity index (χ3v) is 9.35. The maximum Gasteiger partial charge on any atom is 0.164 e. The summed E-state index contributed by atoms with van der Waals surface area (Å²) in [6.07, 6.45) is 0. The van der Waals surface area contributed by atoms with Crippen molar-refractivity contribution in [1.29, 1.82) is 0 Å². The molecule has 0 radical (unpaired) electrons. The molecule has 0 aliphatic carbocycles. The van der Waals surface area contributed by atoms with Crippen LogP contribution in [0.25, 0.3) is 82.4 Å². The van der Waals surface area contributed by atoms with E-state index in [0.717, 1.165) is 65.0 Å². The number of benzene rings is 6. The average Bonchev–Trinajstić information content (AvgIpc) is 3.72. The molecule has 6 aromatic carbocycles. The van der Waals surface area contributed by atoms with Crippen molar-refractivity contribution >= 4 is 43.4 Å². The Bertz CT molecular complexity index is 2520. The number of fused-ring (bicyclic) bond motifs is 4. The van der Waals surface area contributed by atoms with Gasteiger partial charge in [0.1, 0.15) is 5.01 Å². The highest BCUT2D eigenvalue weighted by Gasteiger charge is 2.20. The molecule has 216 valence electrons. The fourth-order valence-electron chi connectivity index (χ4n) is 6.17. The van der Waals surface area contributed by atoms with Crippen LogP contribution in [0.5, 0.6) is 0 Å². The van der Waals surface area contributed by atoms with Gasteiger partial charge in [0.2, 0.25) is 0 Å². The maximum absolute atomic E-state index is 5.16. The fourth-order valence-corrected chi connectivity index (χ4v) is 7.18. The van der Waals surface area contributed by atoms with E-state index in [1.807, 2.05) is 54.6 Å². The van der Waals surface area contributed by atoms with Gasteiger partial charge in [-0.05, 0) is 42.5 Å². The van der Waals surface area contributed by atoms with Crippen LogP contribution < -0.4 is 0 Å². The molecule has 5 nitrogen and oxygen atoms in total. The fraction of sp³-hybridized carbons (Fsp3) is 0. The van der Waals surface area contributed by atoms with Crippen molar-refractivity contribution in [3.05, 3.63) is 152 Å². The molecule has 0 spiro atoms. The zero-order valence-corrected chi connectivity index (χ0v) is 25.4. The van der Waals surface area contributed by atoms with E-state index < -0.39 is 0 Å². The largest absolute Gasteiger partial charge is 0.309 e. The van der Waals surface area contributed by atoms with Gasteiger partial charge in [-0.3, -0.25) is 0 Å². The zero-order valence-electron chi connectivity index (χ0n) is 24.6. The first-order chi connectivity index (χ1) is 22.8. The number of hydrogen-bond acceptors (Lipinski definition) is 5. The van der Waals surface area contributed by atoms with Crippen LogP contribution in [0, 0.1) is 0 Å². The molecule has 0 atom stereocenters. The summed E-state index contributed by atoms with van der Waals surface area (Å²) >= 11 is 1.68. The molecule has 0 fully saturated rings. The lowest BCUT2D eigenvalue weighted by Gasteiger charge is -2.10. The smallest absolute Gasteiger partial charge is 0.164 e. The summed E-state index contributed by atoms with van der Waals surface area (Å²) in [5.74, 6) is 1.91. The Morgan fingerprint density at radius 2 is 1.09 bits per heavy atom. The van der Waals surface area contributed by atoms with E-state index in [9.17, 15) is 0 Å². The minimum atomic E-state index is 0.629. The number of thiazole rings is 1. The summed E-state index contributed by atoms with van der Waals surface area (Å²) in [5, 5.41) is 3.26. The molecule has 0 saturated heterocycles. The Balaban J connectivity index is 1.27. The molecule has 3 heterocycles. The van der Waals surface area contributed by atoms with E-state index >= 15 is 0 Å². The van der Waals surface area contributed by atoms with Gasteiger partial charge in [-0.15, -0.1) is 11.3 Å². The summed E-state index contributed by atoms with van der Waals surface area (Å²) in [6, 6.07) is 52.1. The molecular formula is C40H25N5S. The number of para-hydroxylation sites is 2. The third kappa shape index (κ3) is 4.47. The van der Waals surface area contributed by atoms with Crippen LogP contribution in [0.15, 0.2) is 152 Å². The molecule has 0 aliphatic rings. The predicted molar refractivity (Wildman–Crippen MR) is 189 cm³/mol. The van der Waals surface area contributed by atoms with Gasteiger partial charge in [0.25, 0.3) is 0 Å². The van der Waals surface area contributed by atoms with E-state index in [4.69, 9.17) is 19.9 Å². The monoisotopic (exact) mass is 607 g/mol. The molecule has 6 heteroatoms. The Labute approximate surface area is 269 Å². The first-order valence-electron chi connectivity index (χ1n) is 15.2. The topological polar surface area (TPSA) is 56.5 Å². The molecule has 0 saturated carbocycles. The van der Waals surface area contributed by atoms with E-state index in [2.05, 4.69) is 102 Å². The standard InChI is InChI=1S/C40H25N5S/c1-4-13-26(14-5-1)37-42-38(28-23-24-32-35(25-28)46-40(41-32)27-15-6-2-7-16-27)44-39(43-37)31-20-12-22-34-36(31)30-19-10-11-21-33(30)45(34)29-17-8-3-9-18-29/h1-25H. The lowest BCUT2D eigenvalue weighted by atomic mass is 10.1. The average molecular weight is 608 g/mol. The minimum absolute atomic E-state index is 0.629. The van der Waals surface area contributed by atoms with Crippen LogP contribution in [0.3, 0.4) is 0 Å². The lowest BCUT2D eigenvalue weighted by Crippen LogP contribution is -2.00. The lowest BCUT2D eigenvalue weighted by molar-refractivity contribution is 1.08. The van der Waals surface area contributed by atoms with E-state index in [-0.39, 0.29) is 0 Å². The van der Waals surface area contributed by atoms with E-state index in [1.165, 1.54) is 0 Å². The molecule has 9 rings (SSSR count). The molecular weight excluding hydrogens is 583 g/mol. The van der Waals surface area contributed by atoms with Crippen molar-refractivity contribution < 1.29 is 0 Å². The maximum atomic E-state index is 5.16. The molecule has 0 aliphatic heterocycles. The molecule has 3 aromatic heterocycles. The van der Waals surface area contributed by atoms with Crippen molar-refractivity contribution in [2.24, 2.45) is 0 Å². The molecule has 0 N–H and O–H groups in total. The Morgan fingerprint density at radius 1 is 0.457 bits per heavy atom. The van der Waals surface area contributed by atoms with Crippen molar-refractivity contribution in [3.8, 4) is 50.4 Å². The van der Waals surface area contributed by atoms with Crippen LogP contribution in [0.1, 0.15) is 0 Å². The summed E-state index contributed by atoms with van der Waals surface area (Å²) in [5.41, 5.74) is 8.26. The second-order valence-corrected chi connectivity index (χ2v) is 12.2. The predicted octanol–water partition coefficient (Wildman–Crippen LogP) is 10.2.